The molecule has 0 bridgehead atoms. The zero-order chi connectivity index (χ0) is 25.2. The number of hydrogen-bond donors (Lipinski definition) is 1. The number of nitrogens with zero attached hydrogens (tertiary/aromatic N) is 3. The van der Waals surface area contributed by atoms with Crippen LogP contribution in [0.2, 0.25) is 5.02 Å². The van der Waals surface area contributed by atoms with Crippen LogP contribution in [0.5, 0.6) is 5.75 Å². The van der Waals surface area contributed by atoms with E-state index in [4.69, 9.17) is 26.1 Å². The molecule has 0 saturated carbocycles. The van der Waals surface area contributed by atoms with Crippen LogP contribution in [0.15, 0.2) is 16.9 Å². The molecule has 4 heterocycles. The van der Waals surface area contributed by atoms with Gasteiger partial charge >= 0.3 is 0 Å². The molecule has 1 N–H and O–H groups in total. The second-order valence-corrected chi connectivity index (χ2v) is 10.6. The number of fused-ring (bicyclic) bond motifs is 2. The number of benzene rings is 1. The normalized spacial score (nSPS) is 23.1. The number of nitrogens with one attached hydrogen (secondary N) is 1. The Morgan fingerprint density at radius 2 is 1.92 bits per heavy atom. The first kappa shape index (κ1) is 25.1. The van der Waals surface area contributed by atoms with E-state index in [9.17, 15) is 9.59 Å². The lowest BCUT2D eigenvalue weighted by atomic mass is 9.89. The van der Waals surface area contributed by atoms with Crippen LogP contribution < -0.4 is 20.1 Å². The summed E-state index contributed by atoms with van der Waals surface area (Å²) in [7, 11) is 1.97. The second kappa shape index (κ2) is 10.8. The van der Waals surface area contributed by atoms with E-state index in [2.05, 4.69) is 11.9 Å². The molecule has 36 heavy (non-hydrogen) atoms. The molecule has 194 valence electrons. The highest BCUT2D eigenvalue weighted by Crippen LogP contribution is 2.38. The van der Waals surface area contributed by atoms with E-state index in [-0.39, 0.29) is 23.4 Å². The van der Waals surface area contributed by atoms with Crippen LogP contribution in [0.1, 0.15) is 61.6 Å². The summed E-state index contributed by atoms with van der Waals surface area (Å²) in [5, 5.41) is 0.698. The molecule has 9 heteroatoms. The Morgan fingerprint density at radius 1 is 1.08 bits per heavy atom. The first-order valence-electron chi connectivity index (χ1n) is 13.1. The Morgan fingerprint density at radius 3 is 2.72 bits per heavy atom. The number of Topliss-reactive ketones (excluding diaryl/α,β-unsaturated/α-hetero) is 1. The van der Waals surface area contributed by atoms with Crippen molar-refractivity contribution in [3.63, 3.8) is 0 Å². The molecule has 0 aliphatic carbocycles. The number of rotatable bonds is 3. The van der Waals surface area contributed by atoms with Crippen LogP contribution in [0, 0.1) is 0 Å². The first-order valence-corrected chi connectivity index (χ1v) is 13.4. The van der Waals surface area contributed by atoms with Crippen molar-refractivity contribution < 1.29 is 14.3 Å². The predicted octanol–water partition coefficient (Wildman–Crippen LogP) is 3.88. The van der Waals surface area contributed by atoms with Crippen molar-refractivity contribution in [1.82, 2.24) is 9.97 Å². The van der Waals surface area contributed by atoms with Crippen LogP contribution in [-0.4, -0.2) is 61.8 Å². The minimum absolute atomic E-state index is 0.0283. The molecule has 1 aromatic carbocycles. The van der Waals surface area contributed by atoms with Gasteiger partial charge in [0.25, 0.3) is 5.56 Å². The Bertz CT molecular complexity index is 1180. The molecule has 2 atom stereocenters. The fourth-order valence-corrected chi connectivity index (χ4v) is 5.80. The maximum atomic E-state index is 12.9. The first-order chi connectivity index (χ1) is 17.4. The van der Waals surface area contributed by atoms with Crippen molar-refractivity contribution in [2.24, 2.45) is 0 Å². The number of halogens is 1. The largest absolute Gasteiger partial charge is 0.488 e. The summed E-state index contributed by atoms with van der Waals surface area (Å²) in [5.41, 5.74) is 2.76. The monoisotopic (exact) mass is 514 g/mol. The van der Waals surface area contributed by atoms with E-state index >= 15 is 0 Å². The summed E-state index contributed by atoms with van der Waals surface area (Å²) in [4.78, 5) is 37.6. The number of ketones is 1. The average molecular weight is 515 g/mol. The number of carbonyl (C=O) groups excluding carboxylic acids is 1. The number of ether oxygens (including phenoxy) is 2. The van der Waals surface area contributed by atoms with E-state index in [1.54, 1.807) is 0 Å². The lowest BCUT2D eigenvalue weighted by Gasteiger charge is -2.29. The van der Waals surface area contributed by atoms with Crippen LogP contribution >= 0.6 is 11.6 Å². The zero-order valence-corrected chi connectivity index (χ0v) is 21.9. The Balaban J connectivity index is 1.50. The lowest BCUT2D eigenvalue weighted by Crippen LogP contribution is -2.36. The van der Waals surface area contributed by atoms with Crippen molar-refractivity contribution in [1.29, 1.82) is 0 Å². The Hall–Kier alpha value is -2.58. The molecule has 1 saturated heterocycles. The van der Waals surface area contributed by atoms with Gasteiger partial charge in [-0.1, -0.05) is 18.5 Å². The third kappa shape index (κ3) is 5.25. The fourth-order valence-electron chi connectivity index (χ4n) is 5.54. The summed E-state index contributed by atoms with van der Waals surface area (Å²) in [5.74, 6) is 2.42. The molecule has 1 fully saturated rings. The van der Waals surface area contributed by atoms with E-state index in [1.165, 1.54) is 0 Å². The lowest BCUT2D eigenvalue weighted by molar-refractivity contribution is -0.119. The van der Waals surface area contributed by atoms with E-state index < -0.39 is 0 Å². The molecule has 0 radical (unpaired) electrons. The molecule has 1 aromatic heterocycles. The third-order valence-electron chi connectivity index (χ3n) is 7.65. The molecule has 8 nitrogen and oxygen atoms in total. The second-order valence-electron chi connectivity index (χ2n) is 10.2. The van der Waals surface area contributed by atoms with Gasteiger partial charge in [-0.3, -0.25) is 14.6 Å². The van der Waals surface area contributed by atoms with Crippen molar-refractivity contribution >= 4 is 29.2 Å². The van der Waals surface area contributed by atoms with E-state index in [0.29, 0.717) is 56.5 Å². The highest BCUT2D eigenvalue weighted by Gasteiger charge is 2.27. The number of hydrogen-bond acceptors (Lipinski definition) is 7. The summed E-state index contributed by atoms with van der Waals surface area (Å²) in [6.07, 6.45) is 4.86. The maximum absolute atomic E-state index is 12.9. The molecular formula is C27H35ClN4O4. The van der Waals surface area contributed by atoms with E-state index in [0.717, 1.165) is 60.5 Å². The smallest absolute Gasteiger partial charge is 0.257 e. The maximum Gasteiger partial charge on any atom is 0.257 e. The number of H-pyrrole nitrogens is 1. The van der Waals surface area contributed by atoms with Crippen molar-refractivity contribution in [3.05, 3.63) is 44.2 Å². The topological polar surface area (TPSA) is 87.8 Å². The van der Waals surface area contributed by atoms with Crippen molar-refractivity contribution in [2.45, 2.75) is 63.9 Å². The van der Waals surface area contributed by atoms with Gasteiger partial charge in [-0.2, -0.15) is 4.98 Å². The highest BCUT2D eigenvalue weighted by atomic mass is 35.5. The SMILES string of the molecule is CC1CCC(=O)CCN(c2nc3c(c(=O)[nH]2)CCCN3C)CCc2c(Cl)ccc(OC3CCOC3)c21. The average Bonchev–Trinajstić information content (AvgIpc) is 3.36. The van der Waals surface area contributed by atoms with Crippen LogP contribution in [0.4, 0.5) is 11.8 Å². The quantitative estimate of drug-likeness (QED) is 0.665. The van der Waals surface area contributed by atoms with Crippen LogP contribution in [0.3, 0.4) is 0 Å². The number of anilines is 2. The Kier molecular flexibility index (Phi) is 7.53. The van der Waals surface area contributed by atoms with Gasteiger partial charge in [0.1, 0.15) is 23.5 Å². The standard InChI is InChI=1S/C27H35ClN4O4/c1-17-5-6-18(33)9-13-32(27-29-25-21(26(34)30-27)4-3-12-31(25)2)14-10-20-22(28)7-8-23(24(17)20)36-19-11-15-35-16-19/h7-8,17,19H,3-6,9-16H2,1-2H3,(H,29,30,34). The predicted molar refractivity (Wildman–Crippen MR) is 141 cm³/mol. The van der Waals surface area contributed by atoms with Gasteiger partial charge in [-0.25, -0.2) is 0 Å². The molecule has 2 unspecified atom stereocenters. The van der Waals surface area contributed by atoms with E-state index in [1.807, 2.05) is 29.0 Å². The summed E-state index contributed by atoms with van der Waals surface area (Å²) < 4.78 is 11.9. The van der Waals surface area contributed by atoms with Gasteiger partial charge in [0.05, 0.1) is 18.8 Å². The number of carbonyl (C=O) groups is 1. The fraction of sp³-hybridized carbons (Fsp3) is 0.593. The van der Waals surface area contributed by atoms with Gasteiger partial charge < -0.3 is 19.3 Å². The highest BCUT2D eigenvalue weighted by molar-refractivity contribution is 6.31. The molecule has 0 spiro atoms. The van der Waals surface area contributed by atoms with Crippen LogP contribution in [-0.2, 0) is 22.4 Å². The molecule has 0 amide bonds. The van der Waals surface area contributed by atoms with Crippen molar-refractivity contribution in [3.8, 4) is 5.75 Å². The summed E-state index contributed by atoms with van der Waals surface area (Å²) >= 11 is 6.77. The van der Waals surface area contributed by atoms with Gasteiger partial charge in [-0.05, 0) is 49.3 Å². The van der Waals surface area contributed by atoms with Crippen molar-refractivity contribution in [2.75, 3.05) is 49.7 Å². The van der Waals surface area contributed by atoms with Gasteiger partial charge in [0.15, 0.2) is 0 Å². The molecule has 5 rings (SSSR count). The minimum atomic E-state index is -0.0938. The summed E-state index contributed by atoms with van der Waals surface area (Å²) in [6.45, 7) is 5.39. The molecule has 3 aliphatic heterocycles. The van der Waals surface area contributed by atoms with Gasteiger partial charge in [-0.15, -0.1) is 0 Å². The minimum Gasteiger partial charge on any atom is -0.488 e. The van der Waals surface area contributed by atoms with Crippen LogP contribution in [0.25, 0.3) is 0 Å². The van der Waals surface area contributed by atoms with Gasteiger partial charge in [0, 0.05) is 56.5 Å². The number of aromatic nitrogens is 2. The third-order valence-corrected chi connectivity index (χ3v) is 8.00. The van der Waals surface area contributed by atoms with Gasteiger partial charge in [0.2, 0.25) is 5.95 Å². The number of aromatic amines is 1. The molecular weight excluding hydrogens is 480 g/mol. The summed E-state index contributed by atoms with van der Waals surface area (Å²) in [6, 6.07) is 3.86. The molecule has 3 aliphatic rings. The zero-order valence-electron chi connectivity index (χ0n) is 21.1. The Labute approximate surface area is 216 Å². The molecule has 2 aromatic rings.